The van der Waals surface area contributed by atoms with Gasteiger partial charge in [-0.25, -0.2) is 8.42 Å². The molecule has 18 heavy (non-hydrogen) atoms. The van der Waals surface area contributed by atoms with Crippen LogP contribution in [-0.4, -0.2) is 36.1 Å². The first-order chi connectivity index (χ1) is 8.45. The molecule has 1 fully saturated rings. The fraction of sp³-hybridized carbons (Fsp3) is 0.818. The molecule has 1 heterocycles. The van der Waals surface area contributed by atoms with Gasteiger partial charge in [0.05, 0.1) is 11.8 Å². The maximum absolute atomic E-state index is 11.5. The Morgan fingerprint density at radius 1 is 1.44 bits per heavy atom. The first-order valence-electron chi connectivity index (χ1n) is 6.16. The molecular weight excluding hydrogens is 254 g/mol. The van der Waals surface area contributed by atoms with E-state index < -0.39 is 9.84 Å². The van der Waals surface area contributed by atoms with Gasteiger partial charge < -0.3 is 9.84 Å². The third-order valence-electron chi connectivity index (χ3n) is 3.35. The van der Waals surface area contributed by atoms with Crippen LogP contribution in [-0.2, 0) is 16.4 Å². The van der Waals surface area contributed by atoms with Crippen molar-refractivity contribution in [2.24, 2.45) is 0 Å². The predicted octanol–water partition coefficient (Wildman–Crippen LogP) is 0.823. The fourth-order valence-electron chi connectivity index (χ4n) is 2.37. The van der Waals surface area contributed by atoms with Crippen LogP contribution in [0.2, 0.25) is 0 Å². The van der Waals surface area contributed by atoms with Crippen LogP contribution in [0.25, 0.3) is 0 Å². The van der Waals surface area contributed by atoms with E-state index >= 15 is 0 Å². The zero-order valence-corrected chi connectivity index (χ0v) is 11.5. The van der Waals surface area contributed by atoms with Gasteiger partial charge in [-0.15, -0.1) is 0 Å². The van der Waals surface area contributed by atoms with Crippen LogP contribution in [0.3, 0.4) is 0 Å². The molecule has 0 spiro atoms. The average molecular weight is 273 g/mol. The van der Waals surface area contributed by atoms with E-state index in [1.807, 2.05) is 0 Å². The van der Waals surface area contributed by atoms with Crippen molar-refractivity contribution in [2.45, 2.75) is 50.4 Å². The molecule has 0 aromatic carbocycles. The highest BCUT2D eigenvalue weighted by molar-refractivity contribution is 7.91. The molecule has 0 radical (unpaired) electrons. The Bertz CT molecular complexity index is 497. The van der Waals surface area contributed by atoms with E-state index in [4.69, 9.17) is 4.52 Å². The van der Waals surface area contributed by atoms with E-state index in [1.165, 1.54) is 6.26 Å². The largest absolute Gasteiger partial charge is 0.340 e. The monoisotopic (exact) mass is 273 g/mol. The molecule has 2 rings (SSSR count). The lowest BCUT2D eigenvalue weighted by Gasteiger charge is -2.28. The number of nitrogens with one attached hydrogen (secondary N) is 1. The van der Waals surface area contributed by atoms with Crippen LogP contribution >= 0.6 is 0 Å². The number of hydrogen-bond acceptors (Lipinski definition) is 6. The van der Waals surface area contributed by atoms with Gasteiger partial charge in [-0.2, -0.15) is 4.98 Å². The fourth-order valence-corrected chi connectivity index (χ4v) is 3.54. The minimum atomic E-state index is -2.93. The summed E-state index contributed by atoms with van der Waals surface area (Å²) in [7, 11) is -2.93. The van der Waals surface area contributed by atoms with E-state index in [0.29, 0.717) is 24.7 Å². The second kappa shape index (κ2) is 5.36. The molecule has 0 bridgehead atoms. The van der Waals surface area contributed by atoms with Crippen molar-refractivity contribution in [2.75, 3.05) is 6.26 Å². The Morgan fingerprint density at radius 2 is 2.22 bits per heavy atom. The zero-order valence-electron chi connectivity index (χ0n) is 10.7. The molecule has 1 aromatic heterocycles. The van der Waals surface area contributed by atoms with Crippen LogP contribution in [0, 0.1) is 6.92 Å². The van der Waals surface area contributed by atoms with Gasteiger partial charge in [-0.1, -0.05) is 11.6 Å². The number of aromatic nitrogens is 2. The normalized spacial score (nSPS) is 25.2. The number of sulfone groups is 1. The molecule has 2 unspecified atom stereocenters. The molecule has 1 aliphatic carbocycles. The lowest BCUT2D eigenvalue weighted by molar-refractivity contribution is 0.357. The van der Waals surface area contributed by atoms with Gasteiger partial charge in [0.25, 0.3) is 0 Å². The SMILES string of the molecule is Cc1nc(CNC2CCCC(S(C)(=O)=O)C2)no1. The van der Waals surface area contributed by atoms with Gasteiger partial charge in [0, 0.05) is 19.2 Å². The van der Waals surface area contributed by atoms with Crippen LogP contribution in [0.4, 0.5) is 0 Å². The van der Waals surface area contributed by atoms with Crippen molar-refractivity contribution in [3.8, 4) is 0 Å². The molecule has 1 aromatic rings. The minimum absolute atomic E-state index is 0.212. The summed E-state index contributed by atoms with van der Waals surface area (Å²) in [5.41, 5.74) is 0. The van der Waals surface area contributed by atoms with Crippen LogP contribution in [0.15, 0.2) is 4.52 Å². The lowest BCUT2D eigenvalue weighted by atomic mass is 9.95. The summed E-state index contributed by atoms with van der Waals surface area (Å²) in [5, 5.41) is 6.89. The highest BCUT2D eigenvalue weighted by Crippen LogP contribution is 2.23. The standard InChI is InChI=1S/C11H19N3O3S/c1-8-13-11(14-17-8)7-12-9-4-3-5-10(6-9)18(2,15)16/h9-10,12H,3-7H2,1-2H3. The van der Waals surface area contributed by atoms with Gasteiger partial charge in [0.2, 0.25) is 5.89 Å². The number of aryl methyl sites for hydroxylation is 1. The maximum atomic E-state index is 11.5. The van der Waals surface area contributed by atoms with Gasteiger partial charge in [0.1, 0.15) is 9.84 Å². The first kappa shape index (κ1) is 13.5. The third kappa shape index (κ3) is 3.52. The summed E-state index contributed by atoms with van der Waals surface area (Å²) in [5.74, 6) is 1.17. The molecule has 6 nitrogen and oxygen atoms in total. The van der Waals surface area contributed by atoms with Crippen molar-refractivity contribution >= 4 is 9.84 Å². The summed E-state index contributed by atoms with van der Waals surface area (Å²) in [4.78, 5) is 4.10. The summed E-state index contributed by atoms with van der Waals surface area (Å²) in [6.45, 7) is 2.27. The predicted molar refractivity (Wildman–Crippen MR) is 66.8 cm³/mol. The van der Waals surface area contributed by atoms with Crippen molar-refractivity contribution in [3.05, 3.63) is 11.7 Å². The second-order valence-corrected chi connectivity index (χ2v) is 7.25. The van der Waals surface area contributed by atoms with Gasteiger partial charge in [0.15, 0.2) is 5.82 Å². The Kier molecular flexibility index (Phi) is 4.01. The van der Waals surface area contributed by atoms with E-state index in [2.05, 4.69) is 15.5 Å². The quantitative estimate of drug-likeness (QED) is 0.874. The van der Waals surface area contributed by atoms with E-state index in [9.17, 15) is 8.42 Å². The highest BCUT2D eigenvalue weighted by Gasteiger charge is 2.28. The molecule has 0 aliphatic heterocycles. The molecule has 1 saturated carbocycles. The van der Waals surface area contributed by atoms with Crippen molar-refractivity contribution in [1.29, 1.82) is 0 Å². The molecule has 0 amide bonds. The van der Waals surface area contributed by atoms with E-state index in [0.717, 1.165) is 19.3 Å². The smallest absolute Gasteiger partial charge is 0.223 e. The van der Waals surface area contributed by atoms with Crippen molar-refractivity contribution < 1.29 is 12.9 Å². The summed E-state index contributed by atoms with van der Waals surface area (Å²) in [6, 6.07) is 0.220. The molecule has 102 valence electrons. The zero-order chi connectivity index (χ0) is 13.2. The van der Waals surface area contributed by atoms with Gasteiger partial charge >= 0.3 is 0 Å². The molecule has 7 heteroatoms. The summed E-state index contributed by atoms with van der Waals surface area (Å²) in [6.07, 6.45) is 4.72. The van der Waals surface area contributed by atoms with Crippen LogP contribution in [0.5, 0.6) is 0 Å². The van der Waals surface area contributed by atoms with Crippen LogP contribution in [0.1, 0.15) is 37.4 Å². The molecule has 1 aliphatic rings. The van der Waals surface area contributed by atoms with Crippen LogP contribution < -0.4 is 5.32 Å². The lowest BCUT2D eigenvalue weighted by Crippen LogP contribution is -2.38. The molecular formula is C11H19N3O3S. The van der Waals surface area contributed by atoms with Crippen molar-refractivity contribution in [3.63, 3.8) is 0 Å². The molecule has 0 saturated heterocycles. The highest BCUT2D eigenvalue weighted by atomic mass is 32.2. The van der Waals surface area contributed by atoms with E-state index in [1.54, 1.807) is 6.92 Å². The Morgan fingerprint density at radius 3 is 2.83 bits per heavy atom. The number of rotatable bonds is 4. The van der Waals surface area contributed by atoms with E-state index in [-0.39, 0.29) is 11.3 Å². The third-order valence-corrected chi connectivity index (χ3v) is 4.99. The van der Waals surface area contributed by atoms with Gasteiger partial charge in [-0.3, -0.25) is 0 Å². The summed E-state index contributed by atoms with van der Waals surface area (Å²) < 4.78 is 28.0. The number of hydrogen-bond donors (Lipinski definition) is 1. The van der Waals surface area contributed by atoms with Crippen molar-refractivity contribution in [1.82, 2.24) is 15.5 Å². The van der Waals surface area contributed by atoms with Gasteiger partial charge in [-0.05, 0) is 19.3 Å². The minimum Gasteiger partial charge on any atom is -0.340 e. The Balaban J connectivity index is 1.86. The number of nitrogens with zero attached hydrogens (tertiary/aromatic N) is 2. The summed E-state index contributed by atoms with van der Waals surface area (Å²) >= 11 is 0. The average Bonchev–Trinajstić information content (AvgIpc) is 2.72. The molecule has 2 atom stereocenters. The topological polar surface area (TPSA) is 85.1 Å². The second-order valence-electron chi connectivity index (χ2n) is 4.93. The molecule has 1 N–H and O–H groups in total. The maximum Gasteiger partial charge on any atom is 0.223 e. The Labute approximate surface area is 107 Å². The Hall–Kier alpha value is -0.950. The first-order valence-corrected chi connectivity index (χ1v) is 8.12.